The Balaban J connectivity index is 2.15. The summed E-state index contributed by atoms with van der Waals surface area (Å²) in [5.74, 6) is -0.235. The fourth-order valence-electron chi connectivity index (χ4n) is 2.38. The molecule has 0 amide bonds. The molecule has 0 aliphatic carbocycles. The van der Waals surface area contributed by atoms with Crippen LogP contribution in [0.4, 0.5) is 5.82 Å². The Morgan fingerprint density at radius 3 is 3.06 bits per heavy atom. The highest BCUT2D eigenvalue weighted by atomic mass is 16.4. The number of piperidine rings is 1. The fourth-order valence-corrected chi connectivity index (χ4v) is 2.38. The first kappa shape index (κ1) is 12.4. The van der Waals surface area contributed by atoms with Gasteiger partial charge in [-0.1, -0.05) is 0 Å². The number of rotatable bonds is 2. The second kappa shape index (κ2) is 5.05. The Hall–Kier alpha value is -2.09. The molecular weight excluding hydrogens is 230 g/mol. The first-order valence-corrected chi connectivity index (χ1v) is 5.97. The summed E-state index contributed by atoms with van der Waals surface area (Å²) in [5, 5.41) is 17.9. The van der Waals surface area contributed by atoms with Crippen LogP contribution in [0.5, 0.6) is 0 Å². The number of pyridine rings is 1. The Labute approximate surface area is 106 Å². The van der Waals surface area contributed by atoms with Crippen LogP contribution in [0.1, 0.15) is 25.3 Å². The van der Waals surface area contributed by atoms with Gasteiger partial charge in [-0.2, -0.15) is 5.26 Å². The molecular formula is C13H15N3O2. The number of aliphatic carboxylic acids is 1. The molecule has 1 aromatic rings. The molecule has 0 spiro atoms. The lowest BCUT2D eigenvalue weighted by Crippen LogP contribution is -2.43. The molecule has 5 heteroatoms. The van der Waals surface area contributed by atoms with Crippen LogP contribution >= 0.6 is 0 Å². The molecule has 1 saturated heterocycles. The minimum atomic E-state index is -0.722. The minimum Gasteiger partial charge on any atom is -0.481 e. The predicted octanol–water partition coefficient (Wildman–Crippen LogP) is 1.64. The van der Waals surface area contributed by atoms with Crippen LogP contribution in [0, 0.1) is 17.2 Å². The Morgan fingerprint density at radius 1 is 1.67 bits per heavy atom. The van der Waals surface area contributed by atoms with Crippen molar-refractivity contribution in [2.75, 3.05) is 11.4 Å². The standard InChI is InChI=1S/C13H15N3O2/c1-9-6-11(13(17)18)3-5-16(9)12-7-10(8-14)2-4-15-12/h2,4,7,9,11H,3,5-6H2,1H3,(H,17,18). The summed E-state index contributed by atoms with van der Waals surface area (Å²) >= 11 is 0. The third-order valence-electron chi connectivity index (χ3n) is 3.39. The molecule has 5 nitrogen and oxygen atoms in total. The predicted molar refractivity (Wildman–Crippen MR) is 66.1 cm³/mol. The van der Waals surface area contributed by atoms with Crippen molar-refractivity contribution in [3.63, 3.8) is 0 Å². The van der Waals surface area contributed by atoms with E-state index in [1.165, 1.54) is 0 Å². The first-order valence-electron chi connectivity index (χ1n) is 5.97. The van der Waals surface area contributed by atoms with Gasteiger partial charge in [-0.05, 0) is 31.9 Å². The smallest absolute Gasteiger partial charge is 0.306 e. The van der Waals surface area contributed by atoms with E-state index in [-0.39, 0.29) is 12.0 Å². The zero-order valence-electron chi connectivity index (χ0n) is 10.2. The van der Waals surface area contributed by atoms with Gasteiger partial charge >= 0.3 is 5.97 Å². The zero-order chi connectivity index (χ0) is 13.1. The van der Waals surface area contributed by atoms with Gasteiger partial charge in [0, 0.05) is 18.8 Å². The third-order valence-corrected chi connectivity index (χ3v) is 3.39. The van der Waals surface area contributed by atoms with Gasteiger partial charge < -0.3 is 10.0 Å². The number of nitrogens with zero attached hydrogens (tertiary/aromatic N) is 3. The summed E-state index contributed by atoms with van der Waals surface area (Å²) in [6.07, 6.45) is 2.86. The molecule has 94 valence electrons. The van der Waals surface area contributed by atoms with Crippen LogP contribution in [-0.4, -0.2) is 28.6 Å². The SMILES string of the molecule is CC1CC(C(=O)O)CCN1c1cc(C#N)ccn1. The molecule has 1 aliphatic rings. The van der Waals surface area contributed by atoms with Crippen molar-refractivity contribution >= 4 is 11.8 Å². The van der Waals surface area contributed by atoms with E-state index in [1.54, 1.807) is 18.3 Å². The zero-order valence-corrected chi connectivity index (χ0v) is 10.2. The van der Waals surface area contributed by atoms with Crippen molar-refractivity contribution in [1.82, 2.24) is 4.98 Å². The van der Waals surface area contributed by atoms with Crippen LogP contribution in [0.15, 0.2) is 18.3 Å². The van der Waals surface area contributed by atoms with E-state index >= 15 is 0 Å². The summed E-state index contributed by atoms with van der Waals surface area (Å²) in [6.45, 7) is 2.66. The number of anilines is 1. The number of carbonyl (C=O) groups is 1. The Bertz CT molecular complexity index is 495. The van der Waals surface area contributed by atoms with Gasteiger partial charge in [0.2, 0.25) is 0 Å². The second-order valence-electron chi connectivity index (χ2n) is 4.62. The van der Waals surface area contributed by atoms with Gasteiger partial charge in [-0.15, -0.1) is 0 Å². The number of aromatic nitrogens is 1. The minimum absolute atomic E-state index is 0.126. The average Bonchev–Trinajstić information content (AvgIpc) is 2.38. The van der Waals surface area contributed by atoms with Crippen molar-refractivity contribution in [3.05, 3.63) is 23.9 Å². The van der Waals surface area contributed by atoms with Gasteiger partial charge in [0.05, 0.1) is 17.6 Å². The lowest BCUT2D eigenvalue weighted by molar-refractivity contribution is -0.142. The summed E-state index contributed by atoms with van der Waals surface area (Å²) in [6, 6.07) is 5.63. The van der Waals surface area contributed by atoms with E-state index in [2.05, 4.69) is 16.0 Å². The Morgan fingerprint density at radius 2 is 2.44 bits per heavy atom. The van der Waals surface area contributed by atoms with Crippen LogP contribution < -0.4 is 4.90 Å². The van der Waals surface area contributed by atoms with Crippen molar-refractivity contribution in [3.8, 4) is 6.07 Å². The first-order chi connectivity index (χ1) is 8.61. The molecule has 0 radical (unpaired) electrons. The van der Waals surface area contributed by atoms with Crippen LogP contribution in [0.3, 0.4) is 0 Å². The normalized spacial score (nSPS) is 23.4. The van der Waals surface area contributed by atoms with Crippen molar-refractivity contribution in [1.29, 1.82) is 5.26 Å². The molecule has 1 aromatic heterocycles. The molecule has 0 bridgehead atoms. The van der Waals surface area contributed by atoms with Crippen LogP contribution in [-0.2, 0) is 4.79 Å². The summed E-state index contributed by atoms with van der Waals surface area (Å²) in [5.41, 5.74) is 0.576. The van der Waals surface area contributed by atoms with E-state index in [0.717, 1.165) is 5.82 Å². The number of hydrogen-bond acceptors (Lipinski definition) is 4. The average molecular weight is 245 g/mol. The van der Waals surface area contributed by atoms with Gasteiger partial charge in [0.15, 0.2) is 0 Å². The molecule has 1 fully saturated rings. The molecule has 2 rings (SSSR count). The molecule has 1 aliphatic heterocycles. The number of carboxylic acids is 1. The monoisotopic (exact) mass is 245 g/mol. The van der Waals surface area contributed by atoms with E-state index in [0.29, 0.717) is 24.9 Å². The highest BCUT2D eigenvalue weighted by molar-refractivity contribution is 5.70. The molecule has 1 N–H and O–H groups in total. The van der Waals surface area contributed by atoms with Crippen molar-refractivity contribution < 1.29 is 9.90 Å². The van der Waals surface area contributed by atoms with Gasteiger partial charge in [0.25, 0.3) is 0 Å². The van der Waals surface area contributed by atoms with E-state index < -0.39 is 5.97 Å². The number of hydrogen-bond donors (Lipinski definition) is 1. The molecule has 2 atom stereocenters. The lowest BCUT2D eigenvalue weighted by Gasteiger charge is -2.37. The molecule has 2 heterocycles. The lowest BCUT2D eigenvalue weighted by atomic mass is 9.92. The van der Waals surface area contributed by atoms with Gasteiger partial charge in [-0.25, -0.2) is 4.98 Å². The van der Waals surface area contributed by atoms with Gasteiger partial charge in [0.1, 0.15) is 5.82 Å². The highest BCUT2D eigenvalue weighted by Crippen LogP contribution is 2.27. The van der Waals surface area contributed by atoms with Crippen molar-refractivity contribution in [2.24, 2.45) is 5.92 Å². The topological polar surface area (TPSA) is 77.2 Å². The Kier molecular flexibility index (Phi) is 3.47. The fraction of sp³-hybridized carbons (Fsp3) is 0.462. The summed E-state index contributed by atoms with van der Waals surface area (Å²) in [4.78, 5) is 17.3. The second-order valence-corrected chi connectivity index (χ2v) is 4.62. The molecule has 18 heavy (non-hydrogen) atoms. The number of carboxylic acid groups (broad SMARTS) is 1. The van der Waals surface area contributed by atoms with E-state index in [1.807, 2.05) is 6.92 Å². The van der Waals surface area contributed by atoms with E-state index in [9.17, 15) is 4.79 Å². The largest absolute Gasteiger partial charge is 0.481 e. The molecule has 0 aromatic carbocycles. The third kappa shape index (κ3) is 2.43. The molecule has 2 unspecified atom stereocenters. The maximum atomic E-state index is 11.0. The summed E-state index contributed by atoms with van der Waals surface area (Å²) < 4.78 is 0. The highest BCUT2D eigenvalue weighted by Gasteiger charge is 2.30. The number of nitriles is 1. The van der Waals surface area contributed by atoms with Crippen LogP contribution in [0.2, 0.25) is 0 Å². The van der Waals surface area contributed by atoms with Crippen LogP contribution in [0.25, 0.3) is 0 Å². The quantitative estimate of drug-likeness (QED) is 0.857. The maximum absolute atomic E-state index is 11.0. The van der Waals surface area contributed by atoms with E-state index in [4.69, 9.17) is 10.4 Å². The molecule has 0 saturated carbocycles. The van der Waals surface area contributed by atoms with Crippen molar-refractivity contribution in [2.45, 2.75) is 25.8 Å². The maximum Gasteiger partial charge on any atom is 0.306 e. The van der Waals surface area contributed by atoms with Gasteiger partial charge in [-0.3, -0.25) is 4.79 Å². The summed E-state index contributed by atoms with van der Waals surface area (Å²) in [7, 11) is 0.